The van der Waals surface area contributed by atoms with Crippen molar-refractivity contribution in [2.24, 2.45) is 5.73 Å². The summed E-state index contributed by atoms with van der Waals surface area (Å²) in [5.74, 6) is -1.02. The number of hydrogen-bond acceptors (Lipinski definition) is 7. The first-order valence-electron chi connectivity index (χ1n) is 10.5. The van der Waals surface area contributed by atoms with Crippen LogP contribution in [0.25, 0.3) is 0 Å². The van der Waals surface area contributed by atoms with Gasteiger partial charge in [-0.1, -0.05) is 24.9 Å². The summed E-state index contributed by atoms with van der Waals surface area (Å²) >= 11 is 8.27. The highest BCUT2D eigenvalue weighted by molar-refractivity contribution is 7.91. The van der Waals surface area contributed by atoms with Crippen molar-refractivity contribution in [3.8, 4) is 0 Å². The number of anilines is 1. The minimum atomic E-state index is -3.86. The van der Waals surface area contributed by atoms with Gasteiger partial charge in [-0.25, -0.2) is 8.42 Å². The van der Waals surface area contributed by atoms with Gasteiger partial charge in [-0.2, -0.15) is 4.31 Å². The lowest BCUT2D eigenvalue weighted by atomic mass is 10.0. The van der Waals surface area contributed by atoms with Crippen LogP contribution < -0.4 is 11.1 Å². The predicted octanol–water partition coefficient (Wildman–Crippen LogP) is 3.12. The quantitative estimate of drug-likeness (QED) is 0.612. The SMILES string of the molecule is CCN1CCc2c(sc(NC(=O)C3CCCCN3S(=O)(=O)c3ccc(Cl)s3)c2C(N)=O)C1. The van der Waals surface area contributed by atoms with Gasteiger partial charge in [0.1, 0.15) is 15.3 Å². The highest BCUT2D eigenvalue weighted by Crippen LogP contribution is 2.38. The number of sulfonamides is 1. The molecule has 2 aromatic rings. The minimum absolute atomic E-state index is 0.117. The molecule has 0 aromatic carbocycles. The monoisotopic (exact) mass is 516 g/mol. The third-order valence-electron chi connectivity index (χ3n) is 5.93. The second-order valence-corrected chi connectivity index (χ2v) is 12.8. The summed E-state index contributed by atoms with van der Waals surface area (Å²) in [6.45, 7) is 4.76. The van der Waals surface area contributed by atoms with Gasteiger partial charge in [-0.3, -0.25) is 14.5 Å². The topological polar surface area (TPSA) is 113 Å². The van der Waals surface area contributed by atoms with Crippen LogP contribution in [0.15, 0.2) is 16.3 Å². The number of hydrogen-bond donors (Lipinski definition) is 2. The zero-order valence-corrected chi connectivity index (χ0v) is 20.8. The molecule has 4 rings (SSSR count). The Labute approximate surface area is 200 Å². The van der Waals surface area contributed by atoms with E-state index < -0.39 is 27.9 Å². The molecule has 12 heteroatoms. The lowest BCUT2D eigenvalue weighted by molar-refractivity contribution is -0.120. The van der Waals surface area contributed by atoms with Crippen molar-refractivity contribution >= 4 is 61.1 Å². The summed E-state index contributed by atoms with van der Waals surface area (Å²) in [6.07, 6.45) is 2.51. The fourth-order valence-corrected chi connectivity index (χ4v) is 8.84. The summed E-state index contributed by atoms with van der Waals surface area (Å²) in [7, 11) is -3.86. The number of rotatable bonds is 6. The van der Waals surface area contributed by atoms with Gasteiger partial charge < -0.3 is 11.1 Å². The van der Waals surface area contributed by atoms with Crippen molar-refractivity contribution in [3.63, 3.8) is 0 Å². The Morgan fingerprint density at radius 1 is 1.25 bits per heavy atom. The van der Waals surface area contributed by atoms with Crippen LogP contribution in [0.2, 0.25) is 4.34 Å². The highest BCUT2D eigenvalue weighted by atomic mass is 35.5. The number of piperidine rings is 1. The predicted molar refractivity (Wildman–Crippen MR) is 127 cm³/mol. The van der Waals surface area contributed by atoms with Crippen LogP contribution in [0.5, 0.6) is 0 Å². The van der Waals surface area contributed by atoms with Crippen molar-refractivity contribution in [3.05, 3.63) is 32.5 Å². The summed E-state index contributed by atoms with van der Waals surface area (Å²) in [5.41, 5.74) is 6.91. The lowest BCUT2D eigenvalue weighted by Crippen LogP contribution is -2.49. The molecule has 1 atom stereocenters. The Kier molecular flexibility index (Phi) is 6.94. The number of thiophene rings is 2. The fraction of sp³-hybridized carbons (Fsp3) is 0.500. The van der Waals surface area contributed by atoms with Gasteiger partial charge in [0.2, 0.25) is 5.91 Å². The average molecular weight is 517 g/mol. The van der Waals surface area contributed by atoms with Crippen molar-refractivity contribution in [2.75, 3.05) is 25.0 Å². The van der Waals surface area contributed by atoms with E-state index in [4.69, 9.17) is 17.3 Å². The molecule has 8 nitrogen and oxygen atoms in total. The molecule has 2 aliphatic rings. The van der Waals surface area contributed by atoms with E-state index in [-0.39, 0.29) is 10.8 Å². The number of likely N-dealkylation sites (N-methyl/N-ethyl adjacent to an activating group) is 1. The molecule has 0 aliphatic carbocycles. The maximum absolute atomic E-state index is 13.3. The second-order valence-electron chi connectivity index (χ2n) is 7.87. The first-order chi connectivity index (χ1) is 15.2. The van der Waals surface area contributed by atoms with Crippen LogP contribution in [-0.4, -0.2) is 55.1 Å². The van der Waals surface area contributed by atoms with E-state index in [1.807, 2.05) is 0 Å². The molecule has 1 fully saturated rings. The molecule has 3 N–H and O–H groups in total. The molecule has 1 unspecified atom stereocenters. The molecule has 2 aliphatic heterocycles. The van der Waals surface area contributed by atoms with Crippen molar-refractivity contribution in [1.82, 2.24) is 9.21 Å². The maximum Gasteiger partial charge on any atom is 0.253 e. The standard InChI is InChI=1S/C20H25ClN4O4S3/c1-2-24-10-8-12-14(11-24)30-20(17(12)18(22)26)23-19(27)13-5-3-4-9-25(13)32(28,29)16-7-6-15(21)31-16/h6-7,13H,2-5,8-11H2,1H3,(H2,22,26)(H,23,27). The minimum Gasteiger partial charge on any atom is -0.365 e. The van der Waals surface area contributed by atoms with Gasteiger partial charge in [0.25, 0.3) is 15.9 Å². The molecule has 2 amide bonds. The molecule has 2 aromatic heterocycles. The molecule has 0 radical (unpaired) electrons. The highest BCUT2D eigenvalue weighted by Gasteiger charge is 2.39. The number of carbonyl (C=O) groups is 2. The third-order valence-corrected chi connectivity index (χ3v) is 10.7. The normalized spacial score (nSPS) is 20.1. The molecule has 1 saturated heterocycles. The van der Waals surface area contributed by atoms with E-state index >= 15 is 0 Å². The first-order valence-corrected chi connectivity index (χ1v) is 13.9. The van der Waals surface area contributed by atoms with Crippen LogP contribution in [0.3, 0.4) is 0 Å². The van der Waals surface area contributed by atoms with Crippen LogP contribution in [-0.2, 0) is 27.8 Å². The lowest BCUT2D eigenvalue weighted by Gasteiger charge is -2.33. The number of nitrogens with two attached hydrogens (primary N) is 1. The first kappa shape index (κ1) is 23.7. The molecule has 174 valence electrons. The largest absolute Gasteiger partial charge is 0.365 e. The van der Waals surface area contributed by atoms with Crippen LogP contribution >= 0.6 is 34.3 Å². The number of fused-ring (bicyclic) bond motifs is 1. The van der Waals surface area contributed by atoms with E-state index in [1.165, 1.54) is 27.8 Å². The van der Waals surface area contributed by atoms with Gasteiger partial charge in [0.15, 0.2) is 0 Å². The van der Waals surface area contributed by atoms with Gasteiger partial charge in [-0.15, -0.1) is 22.7 Å². The number of nitrogens with one attached hydrogen (secondary N) is 1. The zero-order chi connectivity index (χ0) is 23.0. The van der Waals surface area contributed by atoms with E-state index in [1.54, 1.807) is 0 Å². The van der Waals surface area contributed by atoms with E-state index in [0.717, 1.165) is 41.3 Å². The average Bonchev–Trinajstić information content (AvgIpc) is 3.36. The van der Waals surface area contributed by atoms with E-state index in [2.05, 4.69) is 17.1 Å². The number of nitrogens with zero attached hydrogens (tertiary/aromatic N) is 2. The molecule has 32 heavy (non-hydrogen) atoms. The molecule has 0 bridgehead atoms. The number of amides is 2. The Hall–Kier alpha value is -1.50. The molecule has 0 spiro atoms. The fourth-order valence-electron chi connectivity index (χ4n) is 4.28. The van der Waals surface area contributed by atoms with Crippen molar-refractivity contribution < 1.29 is 18.0 Å². The van der Waals surface area contributed by atoms with E-state index in [0.29, 0.717) is 40.7 Å². The van der Waals surface area contributed by atoms with Crippen LogP contribution in [0, 0.1) is 0 Å². The van der Waals surface area contributed by atoms with Gasteiger partial charge in [0.05, 0.1) is 9.90 Å². The van der Waals surface area contributed by atoms with Crippen molar-refractivity contribution in [1.29, 1.82) is 0 Å². The van der Waals surface area contributed by atoms with Gasteiger partial charge in [0, 0.05) is 24.5 Å². The Morgan fingerprint density at radius 2 is 2.03 bits per heavy atom. The molecular weight excluding hydrogens is 492 g/mol. The maximum atomic E-state index is 13.3. The smallest absolute Gasteiger partial charge is 0.253 e. The molecular formula is C20H25ClN4O4S3. The summed E-state index contributed by atoms with van der Waals surface area (Å²) in [6, 6.07) is 2.14. The Bertz CT molecular complexity index is 1140. The van der Waals surface area contributed by atoms with Crippen LogP contribution in [0.4, 0.5) is 5.00 Å². The summed E-state index contributed by atoms with van der Waals surface area (Å²) in [4.78, 5) is 28.8. The Balaban J connectivity index is 1.61. The third kappa shape index (κ3) is 4.46. The number of primary amides is 1. The zero-order valence-electron chi connectivity index (χ0n) is 17.6. The molecule has 4 heterocycles. The van der Waals surface area contributed by atoms with E-state index in [9.17, 15) is 18.0 Å². The van der Waals surface area contributed by atoms with Crippen molar-refractivity contribution in [2.45, 2.75) is 49.4 Å². The number of halogens is 1. The van der Waals surface area contributed by atoms with Gasteiger partial charge >= 0.3 is 0 Å². The molecule has 0 saturated carbocycles. The Morgan fingerprint density at radius 3 is 2.69 bits per heavy atom. The van der Waals surface area contributed by atoms with Gasteiger partial charge in [-0.05, 0) is 43.5 Å². The summed E-state index contributed by atoms with van der Waals surface area (Å²) < 4.78 is 28.1. The van der Waals surface area contributed by atoms with Crippen LogP contribution in [0.1, 0.15) is 47.0 Å². The number of carbonyl (C=O) groups excluding carboxylic acids is 2. The second kappa shape index (κ2) is 9.40. The summed E-state index contributed by atoms with van der Waals surface area (Å²) in [5, 5.41) is 3.25.